The zero-order valence-electron chi connectivity index (χ0n) is 16.4. The molecule has 1 aliphatic heterocycles. The van der Waals surface area contributed by atoms with E-state index in [1.165, 1.54) is 0 Å². The molecule has 3 atom stereocenters. The van der Waals surface area contributed by atoms with Crippen LogP contribution in [-0.2, 0) is 4.74 Å². The normalized spacial score (nSPS) is 23.8. The highest BCUT2D eigenvalue weighted by molar-refractivity contribution is 6.32. The van der Waals surface area contributed by atoms with Crippen LogP contribution in [0.5, 0.6) is 0 Å². The first kappa shape index (κ1) is 19.8. The Morgan fingerprint density at radius 1 is 1.24 bits per heavy atom. The molecular formula is C23H24ClN3O2. The Morgan fingerprint density at radius 3 is 2.76 bits per heavy atom. The summed E-state index contributed by atoms with van der Waals surface area (Å²) in [4.78, 5) is 14.9. The molecule has 2 aromatic rings. The van der Waals surface area contributed by atoms with Crippen molar-refractivity contribution >= 4 is 23.2 Å². The number of fused-ring (bicyclic) bond motifs is 1. The van der Waals surface area contributed by atoms with Gasteiger partial charge in [-0.25, -0.2) is 0 Å². The van der Waals surface area contributed by atoms with E-state index in [0.29, 0.717) is 22.8 Å². The van der Waals surface area contributed by atoms with Crippen molar-refractivity contribution in [3.63, 3.8) is 0 Å². The minimum Gasteiger partial charge on any atom is -0.374 e. The fourth-order valence-electron chi connectivity index (χ4n) is 4.32. The lowest BCUT2D eigenvalue weighted by Gasteiger charge is -2.47. The number of halogens is 1. The Labute approximate surface area is 176 Å². The Morgan fingerprint density at radius 2 is 2.03 bits per heavy atom. The molecule has 0 bridgehead atoms. The van der Waals surface area contributed by atoms with E-state index in [0.717, 1.165) is 37.1 Å². The Hall–Kier alpha value is -2.55. The molecule has 1 N–H and O–H groups in total. The third kappa shape index (κ3) is 4.24. The van der Waals surface area contributed by atoms with E-state index in [1.807, 2.05) is 43.3 Å². The number of amides is 1. The molecule has 0 radical (unpaired) electrons. The topological polar surface area (TPSA) is 65.4 Å². The average molecular weight is 410 g/mol. The molecule has 1 saturated heterocycles. The minimum absolute atomic E-state index is 0.0278. The lowest BCUT2D eigenvalue weighted by molar-refractivity contribution is -0.0161. The molecule has 0 unspecified atom stereocenters. The van der Waals surface area contributed by atoms with Crippen LogP contribution in [0.1, 0.15) is 40.7 Å². The van der Waals surface area contributed by atoms with Gasteiger partial charge in [0.2, 0.25) is 0 Å². The maximum absolute atomic E-state index is 12.6. The van der Waals surface area contributed by atoms with Crippen molar-refractivity contribution in [1.29, 1.82) is 5.26 Å². The zero-order chi connectivity index (χ0) is 20.4. The zero-order valence-corrected chi connectivity index (χ0v) is 17.2. The van der Waals surface area contributed by atoms with Crippen molar-refractivity contribution in [3.05, 3.63) is 64.2 Å². The SMILES string of the molecule is Cc1ccc(C(=O)N[C@@H]2CC[C@@H]3[C@H](C2)OCCN3c2ccc(C#N)c(Cl)c2)cc1. The summed E-state index contributed by atoms with van der Waals surface area (Å²) in [6.45, 7) is 3.44. The molecule has 4 rings (SSSR count). The summed E-state index contributed by atoms with van der Waals surface area (Å²) in [6, 6.07) is 15.7. The first-order valence-corrected chi connectivity index (χ1v) is 10.4. The van der Waals surface area contributed by atoms with Crippen molar-refractivity contribution in [2.75, 3.05) is 18.1 Å². The minimum atomic E-state index is -0.0278. The van der Waals surface area contributed by atoms with Gasteiger partial charge >= 0.3 is 0 Å². The summed E-state index contributed by atoms with van der Waals surface area (Å²) in [7, 11) is 0. The first-order chi connectivity index (χ1) is 14.0. The van der Waals surface area contributed by atoms with Gasteiger partial charge in [0.05, 0.1) is 29.3 Å². The lowest BCUT2D eigenvalue weighted by Crippen LogP contribution is -2.57. The summed E-state index contributed by atoms with van der Waals surface area (Å²) >= 11 is 6.24. The standard InChI is InChI=1S/C23H24ClN3O2/c1-15-2-4-16(5-3-15)23(28)26-18-7-9-21-22(12-18)29-11-10-27(21)19-8-6-17(14-25)20(24)13-19/h2-6,8,13,18,21-22H,7,9-12H2,1H3,(H,26,28)/t18-,21-,22+/m1/s1. The first-order valence-electron chi connectivity index (χ1n) is 10.0. The highest BCUT2D eigenvalue weighted by Gasteiger charge is 2.38. The van der Waals surface area contributed by atoms with Crippen LogP contribution in [0.15, 0.2) is 42.5 Å². The second-order valence-corrected chi connectivity index (χ2v) is 8.20. The van der Waals surface area contributed by atoms with Crippen molar-refractivity contribution in [3.8, 4) is 6.07 Å². The summed E-state index contributed by atoms with van der Waals surface area (Å²) in [5.41, 5.74) is 3.34. The molecule has 150 valence electrons. The van der Waals surface area contributed by atoms with Crippen molar-refractivity contribution in [2.24, 2.45) is 0 Å². The van der Waals surface area contributed by atoms with Gasteiger partial charge < -0.3 is 15.0 Å². The highest BCUT2D eigenvalue weighted by Crippen LogP contribution is 2.34. The molecule has 2 fully saturated rings. The number of ether oxygens (including phenoxy) is 1. The van der Waals surface area contributed by atoms with Crippen LogP contribution in [0, 0.1) is 18.3 Å². The van der Waals surface area contributed by atoms with Crippen molar-refractivity contribution in [2.45, 2.75) is 44.4 Å². The van der Waals surface area contributed by atoms with E-state index in [1.54, 1.807) is 6.07 Å². The number of carbonyl (C=O) groups excluding carboxylic acids is 1. The number of morpholine rings is 1. The monoisotopic (exact) mass is 409 g/mol. The number of carbonyl (C=O) groups is 1. The molecule has 2 aliphatic rings. The fraction of sp³-hybridized carbons (Fsp3) is 0.391. The molecule has 0 spiro atoms. The number of benzene rings is 2. The third-order valence-corrected chi connectivity index (χ3v) is 6.19. The number of anilines is 1. The molecule has 1 aliphatic carbocycles. The van der Waals surface area contributed by atoms with Gasteiger partial charge in [-0.3, -0.25) is 4.79 Å². The van der Waals surface area contributed by atoms with E-state index in [2.05, 4.69) is 16.3 Å². The van der Waals surface area contributed by atoms with Crippen molar-refractivity contribution < 1.29 is 9.53 Å². The van der Waals surface area contributed by atoms with E-state index in [-0.39, 0.29) is 24.1 Å². The van der Waals surface area contributed by atoms with Crippen LogP contribution >= 0.6 is 11.6 Å². The molecule has 6 heteroatoms. The Balaban J connectivity index is 1.42. The number of nitrogens with one attached hydrogen (secondary N) is 1. The van der Waals surface area contributed by atoms with Crippen LogP contribution in [-0.4, -0.2) is 37.2 Å². The Bertz CT molecular complexity index is 938. The van der Waals surface area contributed by atoms with E-state index >= 15 is 0 Å². The van der Waals surface area contributed by atoms with Gasteiger partial charge in [0, 0.05) is 23.8 Å². The largest absolute Gasteiger partial charge is 0.374 e. The summed E-state index contributed by atoms with van der Waals surface area (Å²) in [6.07, 6.45) is 2.70. The predicted octanol–water partition coefficient (Wildman–Crippen LogP) is 4.08. The second-order valence-electron chi connectivity index (χ2n) is 7.80. The van der Waals surface area contributed by atoms with Crippen LogP contribution in [0.25, 0.3) is 0 Å². The second kappa shape index (κ2) is 8.44. The van der Waals surface area contributed by atoms with Crippen LogP contribution < -0.4 is 10.2 Å². The maximum Gasteiger partial charge on any atom is 0.251 e. The van der Waals surface area contributed by atoms with E-state index in [9.17, 15) is 4.79 Å². The van der Waals surface area contributed by atoms with Gasteiger partial charge in [0.1, 0.15) is 6.07 Å². The smallest absolute Gasteiger partial charge is 0.251 e. The van der Waals surface area contributed by atoms with Crippen LogP contribution in [0.3, 0.4) is 0 Å². The molecule has 0 aromatic heterocycles. The summed E-state index contributed by atoms with van der Waals surface area (Å²) in [5, 5.41) is 12.8. The third-order valence-electron chi connectivity index (χ3n) is 5.88. The predicted molar refractivity (Wildman–Crippen MR) is 113 cm³/mol. The van der Waals surface area contributed by atoms with Gasteiger partial charge in [-0.15, -0.1) is 0 Å². The fourth-order valence-corrected chi connectivity index (χ4v) is 4.53. The lowest BCUT2D eigenvalue weighted by atomic mass is 9.86. The molecule has 1 saturated carbocycles. The van der Waals surface area contributed by atoms with Gasteiger partial charge in [-0.05, 0) is 56.5 Å². The summed E-state index contributed by atoms with van der Waals surface area (Å²) < 4.78 is 6.06. The number of hydrogen-bond acceptors (Lipinski definition) is 4. The number of aryl methyl sites for hydroxylation is 1. The quantitative estimate of drug-likeness (QED) is 0.829. The summed E-state index contributed by atoms with van der Waals surface area (Å²) in [5.74, 6) is -0.0278. The molecule has 5 nitrogen and oxygen atoms in total. The number of hydrogen-bond donors (Lipinski definition) is 1. The highest BCUT2D eigenvalue weighted by atomic mass is 35.5. The molecular weight excluding hydrogens is 386 g/mol. The van der Waals surface area contributed by atoms with E-state index < -0.39 is 0 Å². The number of rotatable bonds is 3. The van der Waals surface area contributed by atoms with Crippen LogP contribution in [0.2, 0.25) is 5.02 Å². The van der Waals surface area contributed by atoms with Gasteiger partial charge in [-0.2, -0.15) is 5.26 Å². The Kier molecular flexibility index (Phi) is 5.75. The maximum atomic E-state index is 12.6. The molecule has 1 amide bonds. The van der Waals surface area contributed by atoms with Gasteiger partial charge in [-0.1, -0.05) is 29.3 Å². The van der Waals surface area contributed by atoms with E-state index in [4.69, 9.17) is 21.6 Å². The molecule has 2 aromatic carbocycles. The van der Waals surface area contributed by atoms with Crippen LogP contribution in [0.4, 0.5) is 5.69 Å². The molecule has 29 heavy (non-hydrogen) atoms. The van der Waals surface area contributed by atoms with Crippen molar-refractivity contribution in [1.82, 2.24) is 5.32 Å². The average Bonchev–Trinajstić information content (AvgIpc) is 2.73. The number of nitriles is 1. The molecule has 1 heterocycles. The van der Waals surface area contributed by atoms with Gasteiger partial charge in [0.15, 0.2) is 0 Å². The van der Waals surface area contributed by atoms with Gasteiger partial charge in [0.25, 0.3) is 5.91 Å². The number of nitrogens with zero attached hydrogens (tertiary/aromatic N) is 2.